The van der Waals surface area contributed by atoms with E-state index < -0.39 is 15.9 Å². The van der Waals surface area contributed by atoms with Gasteiger partial charge in [-0.05, 0) is 54.6 Å². The summed E-state index contributed by atoms with van der Waals surface area (Å²) in [6.07, 6.45) is 1.61. The smallest absolute Gasteiger partial charge is 0.321 e. The molecule has 0 aliphatic rings. The summed E-state index contributed by atoms with van der Waals surface area (Å²) in [4.78, 5) is 20.4. The monoisotopic (exact) mass is 540 g/mol. The molecular weight excluding hydrogens is 516 g/mol. The van der Waals surface area contributed by atoms with Crippen molar-refractivity contribution in [2.45, 2.75) is 11.6 Å². The molecule has 2 heterocycles. The van der Waals surface area contributed by atoms with Gasteiger partial charge in [-0.1, -0.05) is 0 Å². The third-order valence-electron chi connectivity index (χ3n) is 5.03. The lowest BCUT2D eigenvalue weighted by molar-refractivity contribution is 0.102. The first kappa shape index (κ1) is 26.2. The lowest BCUT2D eigenvalue weighted by Crippen LogP contribution is -2.16. The molecule has 13 nitrogen and oxygen atoms in total. The van der Waals surface area contributed by atoms with Crippen LogP contribution in [-0.2, 0) is 16.8 Å². The van der Waals surface area contributed by atoms with Crippen LogP contribution in [0.1, 0.15) is 10.5 Å². The number of hydrogen-bond donors (Lipinski definition) is 2. The van der Waals surface area contributed by atoms with Gasteiger partial charge in [-0.3, -0.25) is 9.52 Å². The van der Waals surface area contributed by atoms with Gasteiger partial charge >= 0.3 is 6.01 Å². The number of benzene rings is 2. The molecule has 2 N–H and O–H groups in total. The molecule has 0 saturated heterocycles. The van der Waals surface area contributed by atoms with Gasteiger partial charge in [0, 0.05) is 18.0 Å². The number of hydrogen-bond acceptors (Lipinski definition) is 10. The zero-order valence-electron chi connectivity index (χ0n) is 20.6. The minimum Gasteiger partial charge on any atom is -0.497 e. The van der Waals surface area contributed by atoms with Gasteiger partial charge in [0.2, 0.25) is 5.88 Å². The lowest BCUT2D eigenvalue weighted by atomic mass is 10.3. The number of aromatic nitrogens is 4. The molecule has 1 amide bonds. The van der Waals surface area contributed by atoms with E-state index in [1.54, 1.807) is 43.6 Å². The predicted octanol–water partition coefficient (Wildman–Crippen LogP) is 2.79. The summed E-state index contributed by atoms with van der Waals surface area (Å²) in [6, 6.07) is 15.5. The first-order chi connectivity index (χ1) is 18.3. The van der Waals surface area contributed by atoms with Crippen molar-refractivity contribution < 1.29 is 32.2 Å². The van der Waals surface area contributed by atoms with Crippen molar-refractivity contribution in [1.29, 1.82) is 0 Å². The standard InChI is InChI=1S/C24H24N6O7S/c1-34-17-6-8-18(9-7-17)37-15-30-13-12-20(28-30)23(31)25-16-4-10-19(11-5-16)38(32,33)29-21-14-22(35-2)27-24(26-21)36-3/h4-14H,15H2,1-3H3,(H,25,31)(H,26,27,29). The molecule has 0 aliphatic carbocycles. The van der Waals surface area contributed by atoms with Gasteiger partial charge < -0.3 is 24.3 Å². The molecular formula is C24H24N6O7S. The second-order valence-corrected chi connectivity index (χ2v) is 9.24. The lowest BCUT2D eigenvalue weighted by Gasteiger charge is -2.10. The number of carbonyl (C=O) groups is 1. The van der Waals surface area contributed by atoms with Gasteiger partial charge in [0.25, 0.3) is 15.9 Å². The number of carbonyl (C=O) groups excluding carboxylic acids is 1. The zero-order chi connectivity index (χ0) is 27.1. The molecule has 4 aromatic rings. The molecule has 0 aliphatic heterocycles. The Labute approximate surface area is 218 Å². The maximum absolute atomic E-state index is 12.8. The molecule has 198 valence electrons. The van der Waals surface area contributed by atoms with Crippen LogP contribution in [0.5, 0.6) is 23.4 Å². The van der Waals surface area contributed by atoms with Crippen LogP contribution in [0.3, 0.4) is 0 Å². The fraction of sp³-hybridized carbons (Fsp3) is 0.167. The van der Waals surface area contributed by atoms with Crippen LogP contribution in [0.25, 0.3) is 0 Å². The van der Waals surface area contributed by atoms with E-state index in [1.165, 1.54) is 49.2 Å². The van der Waals surface area contributed by atoms with Gasteiger partial charge in [0.15, 0.2) is 18.2 Å². The summed E-state index contributed by atoms with van der Waals surface area (Å²) >= 11 is 0. The fourth-order valence-electron chi connectivity index (χ4n) is 3.13. The molecule has 0 fully saturated rings. The zero-order valence-corrected chi connectivity index (χ0v) is 21.4. The number of nitrogens with one attached hydrogen (secondary N) is 2. The molecule has 4 rings (SSSR count). The number of methoxy groups -OCH3 is 3. The van der Waals surface area contributed by atoms with Crippen molar-refractivity contribution in [3.8, 4) is 23.4 Å². The van der Waals surface area contributed by atoms with Crippen molar-refractivity contribution in [1.82, 2.24) is 19.7 Å². The van der Waals surface area contributed by atoms with Crippen LogP contribution in [0.2, 0.25) is 0 Å². The highest BCUT2D eigenvalue weighted by Crippen LogP contribution is 2.22. The average Bonchev–Trinajstić information content (AvgIpc) is 3.41. The van der Waals surface area contributed by atoms with Crippen molar-refractivity contribution in [3.63, 3.8) is 0 Å². The Morgan fingerprint density at radius 2 is 1.61 bits per heavy atom. The highest BCUT2D eigenvalue weighted by Gasteiger charge is 2.17. The normalized spacial score (nSPS) is 10.9. The topological polar surface area (TPSA) is 156 Å². The Morgan fingerprint density at radius 1 is 0.895 bits per heavy atom. The minimum atomic E-state index is -3.99. The van der Waals surface area contributed by atoms with Gasteiger partial charge in [-0.15, -0.1) is 0 Å². The maximum atomic E-state index is 12.8. The largest absolute Gasteiger partial charge is 0.497 e. The highest BCUT2D eigenvalue weighted by atomic mass is 32.2. The molecule has 14 heteroatoms. The second kappa shape index (κ2) is 11.5. The van der Waals surface area contributed by atoms with Crippen molar-refractivity contribution in [2.24, 2.45) is 0 Å². The third-order valence-corrected chi connectivity index (χ3v) is 6.40. The molecule has 0 atom stereocenters. The van der Waals surface area contributed by atoms with E-state index in [4.69, 9.17) is 18.9 Å². The van der Waals surface area contributed by atoms with Crippen LogP contribution in [0.4, 0.5) is 11.5 Å². The van der Waals surface area contributed by atoms with Gasteiger partial charge in [-0.2, -0.15) is 15.1 Å². The maximum Gasteiger partial charge on any atom is 0.321 e. The minimum absolute atomic E-state index is 0.0300. The predicted molar refractivity (Wildman–Crippen MR) is 136 cm³/mol. The summed E-state index contributed by atoms with van der Waals surface area (Å²) in [6.45, 7) is 0.100. The summed E-state index contributed by atoms with van der Waals surface area (Å²) in [5.41, 5.74) is 0.539. The van der Waals surface area contributed by atoms with Crippen molar-refractivity contribution >= 4 is 27.4 Å². The van der Waals surface area contributed by atoms with E-state index in [9.17, 15) is 13.2 Å². The number of rotatable bonds is 11. The van der Waals surface area contributed by atoms with Gasteiger partial charge in [-0.25, -0.2) is 13.1 Å². The molecule has 2 aromatic carbocycles. The average molecular weight is 541 g/mol. The van der Waals surface area contributed by atoms with E-state index >= 15 is 0 Å². The Kier molecular flexibility index (Phi) is 7.91. The molecule has 2 aromatic heterocycles. The molecule has 38 heavy (non-hydrogen) atoms. The van der Waals surface area contributed by atoms with E-state index in [0.29, 0.717) is 17.2 Å². The molecule has 0 bridgehead atoms. The van der Waals surface area contributed by atoms with Gasteiger partial charge in [0.1, 0.15) is 11.5 Å². The first-order valence-electron chi connectivity index (χ1n) is 11.0. The summed E-state index contributed by atoms with van der Waals surface area (Å²) < 4.78 is 50.1. The van der Waals surface area contributed by atoms with E-state index in [1.807, 2.05) is 0 Å². The molecule has 0 spiro atoms. The van der Waals surface area contributed by atoms with Gasteiger partial charge in [0.05, 0.1) is 26.2 Å². The summed E-state index contributed by atoms with van der Waals surface area (Å²) in [7, 11) is 0.320. The van der Waals surface area contributed by atoms with Crippen LogP contribution < -0.4 is 29.0 Å². The van der Waals surface area contributed by atoms with Crippen LogP contribution >= 0.6 is 0 Å². The molecule has 0 saturated carbocycles. The first-order valence-corrected chi connectivity index (χ1v) is 12.5. The van der Waals surface area contributed by atoms with E-state index in [2.05, 4.69) is 25.1 Å². The van der Waals surface area contributed by atoms with Crippen LogP contribution in [-0.4, -0.2) is 55.4 Å². The Hall–Kier alpha value is -4.85. The van der Waals surface area contributed by atoms with E-state index in [-0.39, 0.29) is 35.0 Å². The summed E-state index contributed by atoms with van der Waals surface area (Å²) in [5, 5.41) is 6.88. The quantitative estimate of drug-likeness (QED) is 0.290. The van der Waals surface area contributed by atoms with Crippen molar-refractivity contribution in [2.75, 3.05) is 31.4 Å². The number of ether oxygens (including phenoxy) is 4. The molecule has 0 unspecified atom stereocenters. The third kappa shape index (κ3) is 6.47. The van der Waals surface area contributed by atoms with E-state index in [0.717, 1.165) is 0 Å². The number of sulfonamides is 1. The van der Waals surface area contributed by atoms with Crippen molar-refractivity contribution in [3.05, 3.63) is 72.6 Å². The van der Waals surface area contributed by atoms with Crippen LogP contribution in [0, 0.1) is 0 Å². The number of nitrogens with zero attached hydrogens (tertiary/aromatic N) is 4. The SMILES string of the molecule is COc1ccc(OCn2ccc(C(=O)Nc3ccc(S(=O)(=O)Nc4cc(OC)nc(OC)n4)cc3)n2)cc1. The Bertz CT molecular complexity index is 1480. The number of anilines is 2. The van der Waals surface area contributed by atoms with Crippen LogP contribution in [0.15, 0.2) is 71.8 Å². The Balaban J connectivity index is 1.36. The number of amides is 1. The highest BCUT2D eigenvalue weighted by molar-refractivity contribution is 7.92. The second-order valence-electron chi connectivity index (χ2n) is 7.56. The summed E-state index contributed by atoms with van der Waals surface area (Å²) in [5.74, 6) is 0.960. The fourth-order valence-corrected chi connectivity index (χ4v) is 4.12. The Morgan fingerprint density at radius 3 is 2.26 bits per heavy atom. The molecule has 0 radical (unpaired) electrons.